The summed E-state index contributed by atoms with van der Waals surface area (Å²) in [6.45, 7) is 3.31. The zero-order valence-electron chi connectivity index (χ0n) is 10.5. The van der Waals surface area contributed by atoms with Gasteiger partial charge in [0.05, 0.1) is 4.88 Å². The molecule has 0 spiro atoms. The first-order valence-corrected chi connectivity index (χ1v) is 7.49. The Hall–Kier alpha value is -1.46. The minimum Gasteiger partial charge on any atom is -0.355 e. The van der Waals surface area contributed by atoms with Crippen molar-refractivity contribution < 1.29 is 4.79 Å². The Bertz CT molecular complexity index is 627. The van der Waals surface area contributed by atoms with Crippen molar-refractivity contribution in [1.29, 1.82) is 0 Å². The van der Waals surface area contributed by atoms with E-state index >= 15 is 0 Å². The monoisotopic (exact) mass is 273 g/mol. The van der Waals surface area contributed by atoms with Crippen LogP contribution in [0.3, 0.4) is 0 Å². The van der Waals surface area contributed by atoms with Gasteiger partial charge in [-0.1, -0.05) is 0 Å². The van der Waals surface area contributed by atoms with Crippen molar-refractivity contribution in [2.24, 2.45) is 5.92 Å². The molecule has 2 aliphatic heterocycles. The Morgan fingerprint density at radius 1 is 1.42 bits per heavy atom. The lowest BCUT2D eigenvalue weighted by molar-refractivity contribution is 0.112. The summed E-state index contributed by atoms with van der Waals surface area (Å²) < 4.78 is 0. The summed E-state index contributed by atoms with van der Waals surface area (Å²) in [6, 6.07) is 6.68. The molecule has 4 rings (SSSR count). The normalized spacial score (nSPS) is 26.0. The molecule has 5 heteroatoms. The molecule has 2 atom stereocenters. The molecule has 4 nitrogen and oxygen atoms in total. The smallest absolute Gasteiger partial charge is 0.160 e. The van der Waals surface area contributed by atoms with Gasteiger partial charge in [0, 0.05) is 24.5 Å². The molecule has 0 aliphatic carbocycles. The van der Waals surface area contributed by atoms with Crippen molar-refractivity contribution in [2.45, 2.75) is 12.5 Å². The van der Waals surface area contributed by atoms with Crippen LogP contribution in [0.5, 0.6) is 0 Å². The number of aromatic nitrogens is 1. The van der Waals surface area contributed by atoms with Gasteiger partial charge in [-0.05, 0) is 37.1 Å². The fourth-order valence-electron chi connectivity index (χ4n) is 3.20. The molecule has 0 saturated carbocycles. The largest absolute Gasteiger partial charge is 0.355 e. The van der Waals surface area contributed by atoms with Crippen LogP contribution in [-0.4, -0.2) is 36.9 Å². The van der Waals surface area contributed by atoms with Gasteiger partial charge in [0.25, 0.3) is 0 Å². The number of nitrogens with zero attached hydrogens (tertiary/aromatic N) is 2. The van der Waals surface area contributed by atoms with Gasteiger partial charge in [-0.3, -0.25) is 4.79 Å². The number of pyridine rings is 1. The van der Waals surface area contributed by atoms with Crippen LogP contribution in [0.15, 0.2) is 18.2 Å². The summed E-state index contributed by atoms with van der Waals surface area (Å²) in [5.74, 6) is 1.81. The lowest BCUT2D eigenvalue weighted by Crippen LogP contribution is -2.30. The second kappa shape index (κ2) is 4.28. The molecule has 0 amide bonds. The van der Waals surface area contributed by atoms with E-state index in [2.05, 4.69) is 22.3 Å². The highest BCUT2D eigenvalue weighted by Crippen LogP contribution is 2.30. The van der Waals surface area contributed by atoms with Crippen molar-refractivity contribution in [1.82, 2.24) is 10.3 Å². The lowest BCUT2D eigenvalue weighted by Gasteiger charge is -2.18. The van der Waals surface area contributed by atoms with Crippen LogP contribution < -0.4 is 10.2 Å². The van der Waals surface area contributed by atoms with Crippen molar-refractivity contribution in [3.63, 3.8) is 0 Å². The molecular formula is C14H15N3OS. The van der Waals surface area contributed by atoms with Crippen molar-refractivity contribution >= 4 is 33.7 Å². The quantitative estimate of drug-likeness (QED) is 0.849. The van der Waals surface area contributed by atoms with E-state index < -0.39 is 0 Å². The highest BCUT2D eigenvalue weighted by molar-refractivity contribution is 7.20. The van der Waals surface area contributed by atoms with Gasteiger partial charge in [-0.25, -0.2) is 4.98 Å². The van der Waals surface area contributed by atoms with Gasteiger partial charge < -0.3 is 10.2 Å². The molecule has 2 fully saturated rings. The highest BCUT2D eigenvalue weighted by atomic mass is 32.1. The summed E-state index contributed by atoms with van der Waals surface area (Å²) in [4.78, 5) is 19.6. The molecule has 2 aliphatic rings. The standard InChI is InChI=1S/C14H15N3OS/c18-8-11-5-9-1-2-13(16-14(9)19-11)17-6-10-3-4-15-12(10)7-17/h1-2,5,8,10,12,15H,3-4,6-7H2. The van der Waals surface area contributed by atoms with Crippen molar-refractivity contribution in [3.05, 3.63) is 23.1 Å². The summed E-state index contributed by atoms with van der Waals surface area (Å²) in [5.41, 5.74) is 0. The first-order chi connectivity index (χ1) is 9.33. The zero-order valence-corrected chi connectivity index (χ0v) is 11.3. The fraction of sp³-hybridized carbons (Fsp3) is 0.429. The molecule has 2 unspecified atom stereocenters. The molecule has 2 aromatic rings. The number of carbonyl (C=O) groups is 1. The molecule has 98 valence electrons. The SMILES string of the molecule is O=Cc1cc2ccc(N3CC4CCNC4C3)nc2s1. The maximum absolute atomic E-state index is 10.8. The third-order valence-corrected chi connectivity index (χ3v) is 5.16. The van der Waals surface area contributed by atoms with Gasteiger partial charge in [-0.2, -0.15) is 0 Å². The molecule has 0 aromatic carbocycles. The van der Waals surface area contributed by atoms with E-state index in [1.165, 1.54) is 17.8 Å². The van der Waals surface area contributed by atoms with Crippen LogP contribution in [0.4, 0.5) is 5.82 Å². The third kappa shape index (κ3) is 1.84. The first-order valence-electron chi connectivity index (χ1n) is 6.67. The maximum Gasteiger partial charge on any atom is 0.160 e. The van der Waals surface area contributed by atoms with E-state index in [1.807, 2.05) is 6.07 Å². The molecule has 0 bridgehead atoms. The summed E-state index contributed by atoms with van der Waals surface area (Å²) >= 11 is 1.47. The van der Waals surface area contributed by atoms with Crippen LogP contribution in [0.25, 0.3) is 10.2 Å². The summed E-state index contributed by atoms with van der Waals surface area (Å²) in [5, 5.41) is 4.62. The Morgan fingerprint density at radius 2 is 2.37 bits per heavy atom. The van der Waals surface area contributed by atoms with Crippen LogP contribution in [0.1, 0.15) is 16.1 Å². The van der Waals surface area contributed by atoms with E-state index in [4.69, 9.17) is 4.98 Å². The Morgan fingerprint density at radius 3 is 3.21 bits per heavy atom. The molecule has 0 radical (unpaired) electrons. The Balaban J connectivity index is 1.66. The highest BCUT2D eigenvalue weighted by Gasteiger charge is 2.36. The predicted octanol–water partition coefficient (Wildman–Crippen LogP) is 1.91. The second-order valence-corrected chi connectivity index (χ2v) is 6.41. The van der Waals surface area contributed by atoms with Crippen LogP contribution in [0.2, 0.25) is 0 Å². The molecule has 2 aromatic heterocycles. The first kappa shape index (κ1) is 11.4. The average Bonchev–Trinajstić information content (AvgIpc) is 3.10. The summed E-state index contributed by atoms with van der Waals surface area (Å²) in [6.07, 6.45) is 2.17. The zero-order chi connectivity index (χ0) is 12.8. The number of fused-ring (bicyclic) bond motifs is 2. The number of nitrogens with one attached hydrogen (secondary N) is 1. The van der Waals surface area contributed by atoms with E-state index in [-0.39, 0.29) is 0 Å². The number of hydrogen-bond acceptors (Lipinski definition) is 5. The van der Waals surface area contributed by atoms with E-state index in [0.717, 1.165) is 52.7 Å². The van der Waals surface area contributed by atoms with Crippen molar-refractivity contribution in [2.75, 3.05) is 24.5 Å². The number of thiophene rings is 1. The van der Waals surface area contributed by atoms with Gasteiger partial charge in [-0.15, -0.1) is 11.3 Å². The topological polar surface area (TPSA) is 45.2 Å². The predicted molar refractivity (Wildman–Crippen MR) is 77.1 cm³/mol. The van der Waals surface area contributed by atoms with E-state index in [1.54, 1.807) is 0 Å². The van der Waals surface area contributed by atoms with Gasteiger partial charge >= 0.3 is 0 Å². The number of hydrogen-bond donors (Lipinski definition) is 1. The van der Waals surface area contributed by atoms with Gasteiger partial charge in [0.15, 0.2) is 6.29 Å². The van der Waals surface area contributed by atoms with Crippen LogP contribution >= 0.6 is 11.3 Å². The fourth-order valence-corrected chi connectivity index (χ4v) is 4.04. The Labute approximate surface area is 115 Å². The number of carbonyl (C=O) groups excluding carboxylic acids is 1. The minimum atomic E-state index is 0.631. The van der Waals surface area contributed by atoms with Gasteiger partial charge in [0.1, 0.15) is 10.6 Å². The summed E-state index contributed by atoms with van der Waals surface area (Å²) in [7, 11) is 0. The lowest BCUT2D eigenvalue weighted by atomic mass is 10.1. The molecule has 2 saturated heterocycles. The molecular weight excluding hydrogens is 258 g/mol. The second-order valence-electron chi connectivity index (χ2n) is 5.34. The molecule has 19 heavy (non-hydrogen) atoms. The van der Waals surface area contributed by atoms with Crippen molar-refractivity contribution in [3.8, 4) is 0 Å². The molecule has 4 heterocycles. The number of anilines is 1. The maximum atomic E-state index is 10.8. The minimum absolute atomic E-state index is 0.631. The van der Waals surface area contributed by atoms with E-state index in [9.17, 15) is 4.79 Å². The molecule has 1 N–H and O–H groups in total. The van der Waals surface area contributed by atoms with E-state index in [0.29, 0.717) is 6.04 Å². The van der Waals surface area contributed by atoms with Gasteiger partial charge in [0.2, 0.25) is 0 Å². The van der Waals surface area contributed by atoms with Crippen LogP contribution in [0, 0.1) is 5.92 Å². The Kier molecular flexibility index (Phi) is 2.56. The third-order valence-electron chi connectivity index (χ3n) is 4.19. The van der Waals surface area contributed by atoms with Crippen LogP contribution in [-0.2, 0) is 0 Å². The average molecular weight is 273 g/mol. The number of rotatable bonds is 2. The number of aldehydes is 1.